The number of benzene rings is 1. The highest BCUT2D eigenvalue weighted by atomic mass is 32.2. The summed E-state index contributed by atoms with van der Waals surface area (Å²) in [5, 5.41) is 5.01. The van der Waals surface area contributed by atoms with Gasteiger partial charge in [0, 0.05) is 13.1 Å². The molecule has 5 nitrogen and oxygen atoms in total. The molecule has 0 aliphatic carbocycles. The molecule has 0 aliphatic heterocycles. The molecule has 1 amide bonds. The molecular weight excluding hydrogens is 271 g/mol. The molecule has 0 saturated carbocycles. The first-order valence-corrected chi connectivity index (χ1v) is 7.39. The summed E-state index contributed by atoms with van der Waals surface area (Å²) in [5.41, 5.74) is -0.199. The summed E-state index contributed by atoms with van der Waals surface area (Å²) in [4.78, 5) is 13.3. The van der Waals surface area contributed by atoms with Crippen molar-refractivity contribution >= 4 is 15.9 Å². The van der Waals surface area contributed by atoms with Crippen molar-refractivity contribution in [2.75, 3.05) is 13.1 Å². The van der Waals surface area contributed by atoms with Gasteiger partial charge in [0.05, 0.1) is 10.5 Å². The fraction of sp³-hybridized carbons (Fsp3) is 0.417. The molecule has 0 fully saturated rings. The summed E-state index contributed by atoms with van der Waals surface area (Å²) in [6, 6.07) is 2.10. The second-order valence-electron chi connectivity index (χ2n) is 4.12. The molecule has 0 radical (unpaired) electrons. The van der Waals surface area contributed by atoms with Gasteiger partial charge in [0.1, 0.15) is 5.82 Å². The van der Waals surface area contributed by atoms with E-state index in [1.54, 1.807) is 13.8 Å². The van der Waals surface area contributed by atoms with Crippen LogP contribution in [0.2, 0.25) is 0 Å². The molecule has 0 aromatic heterocycles. The zero-order valence-corrected chi connectivity index (χ0v) is 11.9. The Balaban J connectivity index is 3.43. The van der Waals surface area contributed by atoms with Crippen LogP contribution >= 0.6 is 0 Å². The predicted octanol–water partition coefficient (Wildman–Crippen LogP) is 1.26. The normalized spacial score (nSPS) is 11.4. The Labute approximate surface area is 112 Å². The number of hydrogen-bond donors (Lipinski definition) is 1. The summed E-state index contributed by atoms with van der Waals surface area (Å²) >= 11 is 0. The number of aryl methyl sites for hydroxylation is 1. The van der Waals surface area contributed by atoms with Crippen LogP contribution in [0.4, 0.5) is 4.39 Å². The SMILES string of the molecule is CCN(CC)C(=O)c1cc(S(N)(=O)=O)cc(C)c1F. The standard InChI is InChI=1S/C12H17FN2O3S/c1-4-15(5-2)12(16)10-7-9(19(14,17)18)6-8(3)11(10)13/h6-7H,4-5H2,1-3H3,(H2,14,17,18). The summed E-state index contributed by atoms with van der Waals surface area (Å²) in [6.07, 6.45) is 0. The molecule has 1 aromatic rings. The van der Waals surface area contributed by atoms with Crippen LogP contribution in [0.3, 0.4) is 0 Å². The number of nitrogens with two attached hydrogens (primary N) is 1. The van der Waals surface area contributed by atoms with E-state index in [-0.39, 0.29) is 16.0 Å². The van der Waals surface area contributed by atoms with Crippen molar-refractivity contribution < 1.29 is 17.6 Å². The Bertz CT molecular complexity index is 595. The molecule has 0 heterocycles. The summed E-state index contributed by atoms with van der Waals surface area (Å²) in [6.45, 7) is 5.73. The molecular formula is C12H17FN2O3S. The maximum Gasteiger partial charge on any atom is 0.256 e. The number of amides is 1. The first-order valence-electron chi connectivity index (χ1n) is 5.84. The molecule has 7 heteroatoms. The van der Waals surface area contributed by atoms with Gasteiger partial charge in [-0.1, -0.05) is 0 Å². The molecule has 1 rings (SSSR count). The summed E-state index contributed by atoms with van der Waals surface area (Å²) in [7, 11) is -3.97. The smallest absolute Gasteiger partial charge is 0.256 e. The maximum absolute atomic E-state index is 14.0. The van der Waals surface area contributed by atoms with Crippen molar-refractivity contribution in [3.63, 3.8) is 0 Å². The minimum Gasteiger partial charge on any atom is -0.339 e. The predicted molar refractivity (Wildman–Crippen MR) is 69.8 cm³/mol. The minimum absolute atomic E-state index is 0.0713. The molecule has 0 saturated heterocycles. The third-order valence-electron chi connectivity index (χ3n) is 2.84. The number of nitrogens with zero attached hydrogens (tertiary/aromatic N) is 1. The van der Waals surface area contributed by atoms with E-state index in [1.807, 2.05) is 0 Å². The molecule has 0 atom stereocenters. The Morgan fingerprint density at radius 2 is 1.84 bits per heavy atom. The van der Waals surface area contributed by atoms with Gasteiger partial charge in [-0.05, 0) is 38.5 Å². The third-order valence-corrected chi connectivity index (χ3v) is 3.73. The topological polar surface area (TPSA) is 80.5 Å². The number of sulfonamides is 1. The van der Waals surface area contributed by atoms with E-state index in [1.165, 1.54) is 11.8 Å². The second kappa shape index (κ2) is 5.66. The van der Waals surface area contributed by atoms with E-state index in [4.69, 9.17) is 5.14 Å². The van der Waals surface area contributed by atoms with Crippen LogP contribution < -0.4 is 5.14 Å². The minimum atomic E-state index is -3.97. The number of carbonyl (C=O) groups is 1. The van der Waals surface area contributed by atoms with E-state index in [9.17, 15) is 17.6 Å². The molecule has 0 spiro atoms. The highest BCUT2D eigenvalue weighted by Gasteiger charge is 2.22. The number of halogens is 1. The number of hydrogen-bond acceptors (Lipinski definition) is 3. The van der Waals surface area contributed by atoms with Crippen molar-refractivity contribution in [1.82, 2.24) is 4.90 Å². The number of primary sulfonamides is 1. The van der Waals surface area contributed by atoms with Gasteiger partial charge < -0.3 is 4.90 Å². The average Bonchev–Trinajstić information content (AvgIpc) is 2.32. The molecule has 106 valence electrons. The fourth-order valence-electron chi connectivity index (χ4n) is 1.74. The van der Waals surface area contributed by atoms with Crippen molar-refractivity contribution in [3.05, 3.63) is 29.1 Å². The number of carbonyl (C=O) groups excluding carboxylic acids is 1. The van der Waals surface area contributed by atoms with E-state index in [2.05, 4.69) is 0 Å². The van der Waals surface area contributed by atoms with Crippen molar-refractivity contribution in [3.8, 4) is 0 Å². The van der Waals surface area contributed by atoms with Crippen molar-refractivity contribution in [1.29, 1.82) is 0 Å². The Kier molecular flexibility index (Phi) is 4.65. The second-order valence-corrected chi connectivity index (χ2v) is 5.69. The van der Waals surface area contributed by atoms with Gasteiger partial charge in [-0.3, -0.25) is 4.79 Å². The van der Waals surface area contributed by atoms with Crippen molar-refractivity contribution in [2.45, 2.75) is 25.7 Å². The Morgan fingerprint density at radius 3 is 2.26 bits per heavy atom. The van der Waals surface area contributed by atoms with Gasteiger partial charge in [-0.25, -0.2) is 17.9 Å². The first kappa shape index (κ1) is 15.6. The van der Waals surface area contributed by atoms with Crippen LogP contribution in [0.5, 0.6) is 0 Å². The molecule has 0 unspecified atom stereocenters. The highest BCUT2D eigenvalue weighted by Crippen LogP contribution is 2.20. The lowest BCUT2D eigenvalue weighted by atomic mass is 10.1. The lowest BCUT2D eigenvalue weighted by molar-refractivity contribution is 0.0768. The zero-order valence-electron chi connectivity index (χ0n) is 11.1. The van der Waals surface area contributed by atoms with Gasteiger partial charge in [0.2, 0.25) is 10.0 Å². The zero-order chi connectivity index (χ0) is 14.8. The molecule has 2 N–H and O–H groups in total. The van der Waals surface area contributed by atoms with Crippen LogP contribution in [0.15, 0.2) is 17.0 Å². The Hall–Kier alpha value is -1.47. The van der Waals surface area contributed by atoms with Crippen LogP contribution in [0.1, 0.15) is 29.8 Å². The van der Waals surface area contributed by atoms with Gasteiger partial charge in [0.25, 0.3) is 5.91 Å². The average molecular weight is 288 g/mol. The van der Waals surface area contributed by atoms with Gasteiger partial charge in [-0.2, -0.15) is 0 Å². The van der Waals surface area contributed by atoms with Crippen LogP contribution in [-0.4, -0.2) is 32.3 Å². The monoisotopic (exact) mass is 288 g/mol. The highest BCUT2D eigenvalue weighted by molar-refractivity contribution is 7.89. The number of rotatable bonds is 4. The molecule has 19 heavy (non-hydrogen) atoms. The Morgan fingerprint density at radius 1 is 1.32 bits per heavy atom. The summed E-state index contributed by atoms with van der Waals surface area (Å²) in [5.74, 6) is -1.26. The largest absolute Gasteiger partial charge is 0.339 e. The lowest BCUT2D eigenvalue weighted by Gasteiger charge is -2.19. The molecule has 0 aliphatic rings. The third kappa shape index (κ3) is 3.30. The van der Waals surface area contributed by atoms with Crippen LogP contribution in [0, 0.1) is 12.7 Å². The molecule has 1 aromatic carbocycles. The van der Waals surface area contributed by atoms with Gasteiger partial charge >= 0.3 is 0 Å². The van der Waals surface area contributed by atoms with E-state index in [0.29, 0.717) is 13.1 Å². The maximum atomic E-state index is 14.0. The quantitative estimate of drug-likeness (QED) is 0.905. The summed E-state index contributed by atoms with van der Waals surface area (Å²) < 4.78 is 36.6. The van der Waals surface area contributed by atoms with Crippen molar-refractivity contribution in [2.24, 2.45) is 5.14 Å². The van der Waals surface area contributed by atoms with Gasteiger partial charge in [0.15, 0.2) is 0 Å². The fourth-order valence-corrected chi connectivity index (χ4v) is 2.36. The lowest BCUT2D eigenvalue weighted by Crippen LogP contribution is -2.31. The first-order chi connectivity index (χ1) is 8.72. The van der Waals surface area contributed by atoms with Gasteiger partial charge in [-0.15, -0.1) is 0 Å². The van der Waals surface area contributed by atoms with Crippen LogP contribution in [0.25, 0.3) is 0 Å². The van der Waals surface area contributed by atoms with E-state index in [0.717, 1.165) is 12.1 Å². The van der Waals surface area contributed by atoms with E-state index < -0.39 is 21.7 Å². The van der Waals surface area contributed by atoms with E-state index >= 15 is 0 Å². The van der Waals surface area contributed by atoms with Crippen LogP contribution in [-0.2, 0) is 10.0 Å². The molecule has 0 bridgehead atoms.